The maximum atomic E-state index is 14.2. The van der Waals surface area contributed by atoms with E-state index in [1.54, 1.807) is 26.1 Å². The molecule has 0 radical (unpaired) electrons. The Morgan fingerprint density at radius 3 is 2.59 bits per heavy atom. The first-order chi connectivity index (χ1) is 16.0. The number of ether oxygens (including phenoxy) is 1. The third kappa shape index (κ3) is 4.57. The molecule has 1 atom stereocenters. The van der Waals surface area contributed by atoms with Gasteiger partial charge in [-0.15, -0.1) is 0 Å². The van der Waals surface area contributed by atoms with Crippen molar-refractivity contribution in [2.45, 2.75) is 40.7 Å². The van der Waals surface area contributed by atoms with Gasteiger partial charge in [-0.1, -0.05) is 31.5 Å². The number of hydrogen-bond acceptors (Lipinski definition) is 4. The predicted molar refractivity (Wildman–Crippen MR) is 129 cm³/mol. The van der Waals surface area contributed by atoms with Crippen molar-refractivity contribution < 1.29 is 13.5 Å². The molecule has 1 unspecified atom stereocenters. The lowest BCUT2D eigenvalue weighted by Gasteiger charge is -2.20. The summed E-state index contributed by atoms with van der Waals surface area (Å²) in [7, 11) is 0. The third-order valence-corrected chi connectivity index (χ3v) is 6.21. The summed E-state index contributed by atoms with van der Waals surface area (Å²) in [6.45, 7) is 10.3. The highest BCUT2D eigenvalue weighted by molar-refractivity contribution is 6.31. The minimum atomic E-state index is -0.786. The number of hydrogen-bond donors (Lipinski definition) is 1. The topological polar surface area (TPSA) is 56.1 Å². The Labute approximate surface area is 202 Å². The van der Waals surface area contributed by atoms with Gasteiger partial charge in [0.15, 0.2) is 0 Å². The second-order valence-electron chi connectivity index (χ2n) is 9.29. The Kier molecular flexibility index (Phi) is 6.25. The Morgan fingerprint density at radius 1 is 1.21 bits per heavy atom. The van der Waals surface area contributed by atoms with E-state index in [4.69, 9.17) is 16.3 Å². The molecule has 3 aromatic rings. The highest BCUT2D eigenvalue weighted by Crippen LogP contribution is 2.32. The second kappa shape index (κ2) is 8.87. The second-order valence-corrected chi connectivity index (χ2v) is 9.66. The number of rotatable bonds is 5. The summed E-state index contributed by atoms with van der Waals surface area (Å²) in [6.07, 6.45) is 3.07. The van der Waals surface area contributed by atoms with Crippen LogP contribution in [0.1, 0.15) is 49.4 Å². The van der Waals surface area contributed by atoms with Gasteiger partial charge in [0.2, 0.25) is 0 Å². The Hall–Kier alpha value is -3.19. The van der Waals surface area contributed by atoms with Crippen LogP contribution < -0.4 is 15.6 Å². The summed E-state index contributed by atoms with van der Waals surface area (Å²) >= 11 is 6.42. The van der Waals surface area contributed by atoms with Crippen LogP contribution in [0.2, 0.25) is 5.02 Å². The number of pyridine rings is 2. The average molecular weight is 486 g/mol. The van der Waals surface area contributed by atoms with Crippen molar-refractivity contribution in [3.05, 3.63) is 92.1 Å². The van der Waals surface area contributed by atoms with Gasteiger partial charge in [0.1, 0.15) is 28.5 Å². The van der Waals surface area contributed by atoms with Crippen molar-refractivity contribution in [1.29, 1.82) is 0 Å². The van der Waals surface area contributed by atoms with Crippen molar-refractivity contribution in [2.24, 2.45) is 5.41 Å². The van der Waals surface area contributed by atoms with E-state index in [0.29, 0.717) is 11.4 Å². The summed E-state index contributed by atoms with van der Waals surface area (Å²) < 4.78 is 34.8. The molecule has 5 nitrogen and oxygen atoms in total. The van der Waals surface area contributed by atoms with E-state index in [1.807, 2.05) is 13.0 Å². The molecule has 178 valence electrons. The Bertz CT molecular complexity index is 1360. The molecular weight excluding hydrogens is 460 g/mol. The smallest absolute Gasteiger partial charge is 0.277 e. The fraction of sp³-hybridized carbons (Fsp3) is 0.308. The van der Waals surface area contributed by atoms with Gasteiger partial charge >= 0.3 is 0 Å². The molecule has 2 aromatic heterocycles. The molecule has 1 aliphatic heterocycles. The molecule has 34 heavy (non-hydrogen) atoms. The highest BCUT2D eigenvalue weighted by Gasteiger charge is 2.25. The van der Waals surface area contributed by atoms with Gasteiger partial charge < -0.3 is 10.1 Å². The summed E-state index contributed by atoms with van der Waals surface area (Å²) in [5.41, 5.74) is 3.41. The fourth-order valence-electron chi connectivity index (χ4n) is 4.03. The van der Waals surface area contributed by atoms with Crippen molar-refractivity contribution in [1.82, 2.24) is 14.9 Å². The summed E-state index contributed by atoms with van der Waals surface area (Å²) in [5.74, 6) is -1.28. The SMILES string of the molecule is Cc1cnc(C2=CC(C)(C)CN2)cc1-n1c(C)cc(OC(C)c2ccc(F)cc2F)c(Cl)c1=O. The molecule has 0 spiro atoms. The largest absolute Gasteiger partial charge is 0.484 e. The summed E-state index contributed by atoms with van der Waals surface area (Å²) in [5, 5.41) is 3.24. The van der Waals surface area contributed by atoms with Gasteiger partial charge in [-0.25, -0.2) is 8.78 Å². The Balaban J connectivity index is 1.72. The number of aryl methyl sites for hydroxylation is 2. The number of aromatic nitrogens is 2. The highest BCUT2D eigenvalue weighted by atomic mass is 35.5. The van der Waals surface area contributed by atoms with Crippen molar-refractivity contribution in [2.75, 3.05) is 6.54 Å². The molecule has 1 aliphatic rings. The molecule has 1 aromatic carbocycles. The predicted octanol–water partition coefficient (Wildman–Crippen LogP) is 5.89. The first-order valence-electron chi connectivity index (χ1n) is 10.9. The lowest BCUT2D eigenvalue weighted by atomic mass is 9.95. The zero-order chi connectivity index (χ0) is 24.8. The van der Waals surface area contributed by atoms with E-state index < -0.39 is 23.3 Å². The van der Waals surface area contributed by atoms with E-state index in [9.17, 15) is 13.6 Å². The van der Waals surface area contributed by atoms with E-state index >= 15 is 0 Å². The lowest BCUT2D eigenvalue weighted by Crippen LogP contribution is -2.23. The maximum absolute atomic E-state index is 14.2. The normalized spacial score (nSPS) is 15.6. The summed E-state index contributed by atoms with van der Waals surface area (Å²) in [6, 6.07) is 6.75. The Morgan fingerprint density at radius 2 is 1.94 bits per heavy atom. The average Bonchev–Trinajstić information content (AvgIpc) is 3.12. The molecule has 4 rings (SSSR count). The molecule has 0 saturated heterocycles. The van der Waals surface area contributed by atoms with Crippen LogP contribution in [0.25, 0.3) is 11.4 Å². The molecule has 0 fully saturated rings. The van der Waals surface area contributed by atoms with E-state index in [-0.39, 0.29) is 21.8 Å². The first kappa shape index (κ1) is 24.0. The zero-order valence-electron chi connectivity index (χ0n) is 19.7. The van der Waals surface area contributed by atoms with Crippen LogP contribution in [0.3, 0.4) is 0 Å². The molecule has 0 amide bonds. The van der Waals surface area contributed by atoms with Crippen LogP contribution >= 0.6 is 11.6 Å². The van der Waals surface area contributed by atoms with Crippen LogP contribution in [0.5, 0.6) is 5.75 Å². The zero-order valence-corrected chi connectivity index (χ0v) is 20.4. The van der Waals surface area contributed by atoms with Crippen LogP contribution in [0.4, 0.5) is 8.78 Å². The van der Waals surface area contributed by atoms with Gasteiger partial charge in [-0.05, 0) is 44.5 Å². The number of nitrogens with zero attached hydrogens (tertiary/aromatic N) is 2. The third-order valence-electron chi connectivity index (χ3n) is 5.87. The van der Waals surface area contributed by atoms with Crippen molar-refractivity contribution in [3.63, 3.8) is 0 Å². The van der Waals surface area contributed by atoms with Crippen LogP contribution in [0, 0.1) is 30.9 Å². The van der Waals surface area contributed by atoms with Gasteiger partial charge in [0.25, 0.3) is 5.56 Å². The maximum Gasteiger partial charge on any atom is 0.277 e. The van der Waals surface area contributed by atoms with E-state index in [2.05, 4.69) is 30.2 Å². The molecule has 0 bridgehead atoms. The fourth-order valence-corrected chi connectivity index (χ4v) is 4.22. The van der Waals surface area contributed by atoms with Gasteiger partial charge in [0, 0.05) is 41.5 Å². The van der Waals surface area contributed by atoms with Gasteiger partial charge in [-0.2, -0.15) is 0 Å². The quantitative estimate of drug-likeness (QED) is 0.489. The van der Waals surface area contributed by atoms with Crippen LogP contribution in [-0.2, 0) is 0 Å². The van der Waals surface area contributed by atoms with Crippen molar-refractivity contribution in [3.8, 4) is 11.4 Å². The van der Waals surface area contributed by atoms with Crippen LogP contribution in [0.15, 0.2) is 47.4 Å². The number of nitrogens with one attached hydrogen (secondary N) is 1. The van der Waals surface area contributed by atoms with Gasteiger partial charge in [0.05, 0.1) is 17.1 Å². The minimum absolute atomic E-state index is 0.0117. The lowest BCUT2D eigenvalue weighted by molar-refractivity contribution is 0.220. The molecule has 8 heteroatoms. The van der Waals surface area contributed by atoms with Crippen LogP contribution in [-0.4, -0.2) is 16.1 Å². The number of benzene rings is 1. The van der Waals surface area contributed by atoms with E-state index in [0.717, 1.165) is 35.6 Å². The molecule has 1 N–H and O–H groups in total. The minimum Gasteiger partial charge on any atom is -0.484 e. The monoisotopic (exact) mass is 485 g/mol. The molecule has 3 heterocycles. The molecule has 0 saturated carbocycles. The standard InChI is InChI=1S/C26H26ClF2N3O2/c1-14-12-30-20(21-11-26(4,5)13-31-21)10-22(14)32-15(2)8-23(24(27)25(32)33)34-16(3)18-7-6-17(28)9-19(18)29/h6-12,16,31H,13H2,1-5H3. The molecule has 0 aliphatic carbocycles. The first-order valence-corrected chi connectivity index (χ1v) is 11.3. The number of halogens is 3. The molecular formula is C26H26ClF2N3O2. The van der Waals surface area contributed by atoms with Crippen molar-refractivity contribution >= 4 is 17.3 Å². The summed E-state index contributed by atoms with van der Waals surface area (Å²) in [4.78, 5) is 17.8. The van der Waals surface area contributed by atoms with E-state index in [1.165, 1.54) is 10.6 Å². The van der Waals surface area contributed by atoms with Gasteiger partial charge in [-0.3, -0.25) is 14.3 Å².